The van der Waals surface area contributed by atoms with Gasteiger partial charge in [0.2, 0.25) is 5.91 Å². The summed E-state index contributed by atoms with van der Waals surface area (Å²) in [6.45, 7) is 4.50. The van der Waals surface area contributed by atoms with Crippen LogP contribution in [0, 0.1) is 6.92 Å². The van der Waals surface area contributed by atoms with Crippen molar-refractivity contribution in [1.29, 1.82) is 0 Å². The minimum Gasteiger partial charge on any atom is -0.478 e. The van der Waals surface area contributed by atoms with Crippen molar-refractivity contribution < 1.29 is 19.5 Å². The molecule has 0 unspecified atom stereocenters. The maximum absolute atomic E-state index is 12.6. The van der Waals surface area contributed by atoms with E-state index in [4.69, 9.17) is 5.73 Å². The Morgan fingerprint density at radius 3 is 2.32 bits per heavy atom. The molecule has 34 heavy (non-hydrogen) atoms. The van der Waals surface area contributed by atoms with Gasteiger partial charge < -0.3 is 21.1 Å². The summed E-state index contributed by atoms with van der Waals surface area (Å²) in [6, 6.07) is 8.61. The van der Waals surface area contributed by atoms with Crippen LogP contribution in [-0.4, -0.2) is 64.5 Å². The molecular formula is C25H31N5O4. The first-order valence-electron chi connectivity index (χ1n) is 11.7. The molecule has 1 aromatic carbocycles. The molecule has 180 valence electrons. The first-order chi connectivity index (χ1) is 16.3. The van der Waals surface area contributed by atoms with Gasteiger partial charge in [0.15, 0.2) is 0 Å². The van der Waals surface area contributed by atoms with Gasteiger partial charge in [-0.2, -0.15) is 0 Å². The number of nitrogens with zero attached hydrogens (tertiary/aromatic N) is 3. The fourth-order valence-electron chi connectivity index (χ4n) is 5.09. The fraction of sp³-hybridized carbons (Fsp3) is 0.440. The summed E-state index contributed by atoms with van der Waals surface area (Å²) >= 11 is 0. The van der Waals surface area contributed by atoms with Crippen LogP contribution in [0.5, 0.6) is 0 Å². The lowest BCUT2D eigenvalue weighted by Gasteiger charge is -2.48. The average molecular weight is 466 g/mol. The van der Waals surface area contributed by atoms with Gasteiger partial charge in [0.05, 0.1) is 11.9 Å². The standard InChI is InChI=1S/C25H31N5O4/c1-17-7-3-4-8-19(17)22(31)28-18-15-20(23(32)33)21(27-16-18)29-13-9-25(10-14-29,24(26)34)30-11-5-2-6-12-30/h3-4,7-8,15-16H,2,5-6,9-14H2,1H3,(H2,26,34)(H,28,31)(H,32,33). The highest BCUT2D eigenvalue weighted by Crippen LogP contribution is 2.34. The Hall–Kier alpha value is -3.46. The molecule has 2 saturated heterocycles. The summed E-state index contributed by atoms with van der Waals surface area (Å²) in [5, 5.41) is 12.6. The third kappa shape index (κ3) is 4.61. The van der Waals surface area contributed by atoms with Crippen LogP contribution in [0.1, 0.15) is 58.4 Å². The van der Waals surface area contributed by atoms with E-state index in [9.17, 15) is 19.5 Å². The number of amides is 2. The molecule has 0 saturated carbocycles. The Morgan fingerprint density at radius 1 is 1.03 bits per heavy atom. The lowest BCUT2D eigenvalue weighted by molar-refractivity contribution is -0.132. The molecule has 0 spiro atoms. The summed E-state index contributed by atoms with van der Waals surface area (Å²) in [6.07, 6.45) is 5.79. The zero-order chi connectivity index (χ0) is 24.3. The minimum absolute atomic E-state index is 0.00660. The summed E-state index contributed by atoms with van der Waals surface area (Å²) in [5.74, 6) is -1.43. The van der Waals surface area contributed by atoms with Gasteiger partial charge in [-0.05, 0) is 63.4 Å². The SMILES string of the molecule is Cc1ccccc1C(=O)Nc1cnc(N2CCC(C(N)=O)(N3CCCCC3)CC2)c(C(=O)O)c1. The number of piperidine rings is 2. The second-order valence-corrected chi connectivity index (χ2v) is 9.10. The maximum Gasteiger partial charge on any atom is 0.339 e. The Morgan fingerprint density at radius 2 is 1.71 bits per heavy atom. The molecule has 0 atom stereocenters. The van der Waals surface area contributed by atoms with Gasteiger partial charge in [0.25, 0.3) is 5.91 Å². The molecule has 2 aromatic rings. The van der Waals surface area contributed by atoms with E-state index in [1.165, 1.54) is 12.3 Å². The number of primary amides is 1. The Bertz CT molecular complexity index is 1090. The molecule has 9 nitrogen and oxygen atoms in total. The quantitative estimate of drug-likeness (QED) is 0.598. The van der Waals surface area contributed by atoms with E-state index < -0.39 is 11.5 Å². The van der Waals surface area contributed by atoms with Crippen LogP contribution < -0.4 is 16.0 Å². The minimum atomic E-state index is -1.13. The normalized spacial score (nSPS) is 18.3. The van der Waals surface area contributed by atoms with Gasteiger partial charge in [0, 0.05) is 18.7 Å². The van der Waals surface area contributed by atoms with Crippen molar-refractivity contribution >= 4 is 29.3 Å². The number of pyridine rings is 1. The van der Waals surface area contributed by atoms with Gasteiger partial charge >= 0.3 is 5.97 Å². The van der Waals surface area contributed by atoms with Crippen LogP contribution in [0.4, 0.5) is 11.5 Å². The number of hydrogen-bond acceptors (Lipinski definition) is 6. The molecule has 2 fully saturated rings. The van der Waals surface area contributed by atoms with E-state index in [-0.39, 0.29) is 17.4 Å². The van der Waals surface area contributed by atoms with Crippen molar-refractivity contribution in [3.05, 3.63) is 53.2 Å². The number of carbonyl (C=O) groups excluding carboxylic acids is 2. The number of benzene rings is 1. The predicted molar refractivity (Wildman–Crippen MR) is 129 cm³/mol. The molecule has 2 amide bonds. The number of carboxylic acids is 1. The van der Waals surface area contributed by atoms with Gasteiger partial charge in [-0.3, -0.25) is 14.5 Å². The molecule has 0 bridgehead atoms. The Balaban J connectivity index is 1.52. The second kappa shape index (κ2) is 9.80. The van der Waals surface area contributed by atoms with Crippen molar-refractivity contribution in [2.75, 3.05) is 36.4 Å². The zero-order valence-electron chi connectivity index (χ0n) is 19.4. The second-order valence-electron chi connectivity index (χ2n) is 9.10. The molecule has 0 radical (unpaired) electrons. The van der Waals surface area contributed by atoms with Crippen LogP contribution in [0.3, 0.4) is 0 Å². The molecule has 2 aliphatic rings. The molecule has 0 aliphatic carbocycles. The van der Waals surface area contributed by atoms with Crippen molar-refractivity contribution in [3.8, 4) is 0 Å². The van der Waals surface area contributed by atoms with Gasteiger partial charge in [-0.1, -0.05) is 24.6 Å². The topological polar surface area (TPSA) is 129 Å². The number of aromatic nitrogens is 1. The highest BCUT2D eigenvalue weighted by molar-refractivity contribution is 6.06. The largest absolute Gasteiger partial charge is 0.478 e. The number of nitrogens with one attached hydrogen (secondary N) is 1. The van der Waals surface area contributed by atoms with Crippen molar-refractivity contribution in [2.24, 2.45) is 5.73 Å². The Labute approximate surface area is 198 Å². The number of nitrogens with two attached hydrogens (primary N) is 1. The van der Waals surface area contributed by atoms with Crippen molar-refractivity contribution in [1.82, 2.24) is 9.88 Å². The van der Waals surface area contributed by atoms with E-state index in [1.54, 1.807) is 12.1 Å². The highest BCUT2D eigenvalue weighted by atomic mass is 16.4. The molecule has 3 heterocycles. The smallest absolute Gasteiger partial charge is 0.339 e. The monoisotopic (exact) mass is 465 g/mol. The number of aromatic carboxylic acids is 1. The van der Waals surface area contributed by atoms with E-state index in [2.05, 4.69) is 15.2 Å². The molecule has 4 rings (SSSR count). The summed E-state index contributed by atoms with van der Waals surface area (Å²) in [4.78, 5) is 45.7. The average Bonchev–Trinajstić information content (AvgIpc) is 2.84. The van der Waals surface area contributed by atoms with E-state index in [0.717, 1.165) is 37.9 Å². The summed E-state index contributed by atoms with van der Waals surface area (Å²) in [7, 11) is 0. The van der Waals surface area contributed by atoms with Crippen molar-refractivity contribution in [3.63, 3.8) is 0 Å². The Kier molecular flexibility index (Phi) is 6.83. The number of carbonyl (C=O) groups is 3. The molecule has 1 aromatic heterocycles. The highest BCUT2D eigenvalue weighted by Gasteiger charge is 2.45. The first-order valence-corrected chi connectivity index (χ1v) is 11.7. The number of carboxylic acid groups (broad SMARTS) is 1. The van der Waals surface area contributed by atoms with Gasteiger partial charge in [0.1, 0.15) is 16.9 Å². The number of aryl methyl sites for hydroxylation is 1. The summed E-state index contributed by atoms with van der Waals surface area (Å²) < 4.78 is 0. The summed E-state index contributed by atoms with van der Waals surface area (Å²) in [5.41, 5.74) is 6.83. The van der Waals surface area contributed by atoms with E-state index in [1.807, 2.05) is 24.0 Å². The molecule has 9 heteroatoms. The number of anilines is 2. The molecule has 4 N–H and O–H groups in total. The molecule has 2 aliphatic heterocycles. The van der Waals surface area contributed by atoms with Gasteiger partial charge in [-0.15, -0.1) is 0 Å². The predicted octanol–water partition coefficient (Wildman–Crippen LogP) is 2.65. The molecular weight excluding hydrogens is 434 g/mol. The third-order valence-electron chi connectivity index (χ3n) is 7.05. The van der Waals surface area contributed by atoms with E-state index >= 15 is 0 Å². The number of rotatable bonds is 6. The lowest BCUT2D eigenvalue weighted by atomic mass is 9.83. The van der Waals surface area contributed by atoms with Crippen LogP contribution in [-0.2, 0) is 4.79 Å². The number of likely N-dealkylation sites (tertiary alicyclic amines) is 1. The van der Waals surface area contributed by atoms with Crippen LogP contribution >= 0.6 is 0 Å². The van der Waals surface area contributed by atoms with Crippen molar-refractivity contribution in [2.45, 2.75) is 44.6 Å². The third-order valence-corrected chi connectivity index (χ3v) is 7.05. The van der Waals surface area contributed by atoms with Crippen LogP contribution in [0.15, 0.2) is 36.5 Å². The van der Waals surface area contributed by atoms with Crippen LogP contribution in [0.25, 0.3) is 0 Å². The lowest BCUT2D eigenvalue weighted by Crippen LogP contribution is -2.63. The van der Waals surface area contributed by atoms with Gasteiger partial charge in [-0.25, -0.2) is 9.78 Å². The van der Waals surface area contributed by atoms with Crippen LogP contribution in [0.2, 0.25) is 0 Å². The van der Waals surface area contributed by atoms with E-state index in [0.29, 0.717) is 43.0 Å². The first kappa shape index (κ1) is 23.7. The maximum atomic E-state index is 12.6. The zero-order valence-corrected chi connectivity index (χ0v) is 19.4. The fourth-order valence-corrected chi connectivity index (χ4v) is 5.09. The number of hydrogen-bond donors (Lipinski definition) is 3.